The zero-order chi connectivity index (χ0) is 13.1. The maximum absolute atomic E-state index is 4.41. The highest BCUT2D eigenvalue weighted by molar-refractivity contribution is 9.10. The van der Waals surface area contributed by atoms with E-state index in [1.54, 1.807) is 11.3 Å². The summed E-state index contributed by atoms with van der Waals surface area (Å²) in [6.07, 6.45) is 0.970. The molecule has 1 unspecified atom stereocenters. The lowest BCUT2D eigenvalue weighted by molar-refractivity contribution is 0.536. The van der Waals surface area contributed by atoms with Crippen molar-refractivity contribution in [1.82, 2.24) is 15.1 Å². The second-order valence-electron chi connectivity index (χ2n) is 4.38. The number of rotatable bonds is 5. The highest BCUT2D eigenvalue weighted by atomic mass is 79.9. The minimum Gasteiger partial charge on any atom is -0.309 e. The van der Waals surface area contributed by atoms with Gasteiger partial charge in [0.25, 0.3) is 0 Å². The van der Waals surface area contributed by atoms with Crippen molar-refractivity contribution in [3.63, 3.8) is 0 Å². The number of thiophene rings is 1. The molecule has 0 amide bonds. The van der Waals surface area contributed by atoms with E-state index in [9.17, 15) is 0 Å². The third kappa shape index (κ3) is 3.22. The maximum Gasteiger partial charge on any atom is 0.0596 e. The van der Waals surface area contributed by atoms with Crippen LogP contribution in [0.2, 0.25) is 0 Å². The number of hydrogen-bond acceptors (Lipinski definition) is 3. The highest BCUT2D eigenvalue weighted by Crippen LogP contribution is 2.28. The Hall–Kier alpha value is -0.650. The first-order chi connectivity index (χ1) is 8.60. The number of hydrogen-bond donors (Lipinski definition) is 1. The molecule has 2 rings (SSSR count). The molecule has 2 heterocycles. The molecule has 0 aliphatic carbocycles. The molecule has 0 radical (unpaired) electrons. The number of likely N-dealkylation sites (N-methyl/N-ethyl adjacent to an activating group) is 1. The molecule has 18 heavy (non-hydrogen) atoms. The molecule has 0 aliphatic heterocycles. The second kappa shape index (κ2) is 5.99. The molecule has 98 valence electrons. The standard InChI is InChI=1S/C13H18BrN3S/c1-4-15-12(13-6-10(14)8-18-13)7-11-5-9(2)16-17(11)3/h5-6,8,12,15H,4,7H2,1-3H3. The molecule has 0 saturated carbocycles. The molecule has 2 aromatic rings. The van der Waals surface area contributed by atoms with Crippen molar-refractivity contribution in [2.75, 3.05) is 6.54 Å². The SMILES string of the molecule is CCNC(Cc1cc(C)nn1C)c1cc(Br)cs1. The van der Waals surface area contributed by atoms with Gasteiger partial charge in [-0.1, -0.05) is 6.92 Å². The van der Waals surface area contributed by atoms with Gasteiger partial charge in [-0.15, -0.1) is 11.3 Å². The molecule has 0 saturated heterocycles. The molecule has 0 bridgehead atoms. The quantitative estimate of drug-likeness (QED) is 0.911. The van der Waals surface area contributed by atoms with E-state index in [2.05, 4.69) is 50.8 Å². The van der Waals surface area contributed by atoms with E-state index in [4.69, 9.17) is 0 Å². The summed E-state index contributed by atoms with van der Waals surface area (Å²) >= 11 is 5.31. The zero-order valence-electron chi connectivity index (χ0n) is 10.9. The average Bonchev–Trinajstić information content (AvgIpc) is 2.85. The largest absolute Gasteiger partial charge is 0.309 e. The summed E-state index contributed by atoms with van der Waals surface area (Å²) < 4.78 is 3.13. The van der Waals surface area contributed by atoms with Crippen LogP contribution >= 0.6 is 27.3 Å². The van der Waals surface area contributed by atoms with Gasteiger partial charge in [0.2, 0.25) is 0 Å². The van der Waals surface area contributed by atoms with Crippen LogP contribution in [0.4, 0.5) is 0 Å². The molecular weight excluding hydrogens is 310 g/mol. The number of nitrogens with zero attached hydrogens (tertiary/aromatic N) is 2. The summed E-state index contributed by atoms with van der Waals surface area (Å²) in [5, 5.41) is 10.1. The van der Waals surface area contributed by atoms with E-state index < -0.39 is 0 Å². The fourth-order valence-electron chi connectivity index (χ4n) is 2.10. The first-order valence-corrected chi connectivity index (χ1v) is 7.74. The van der Waals surface area contributed by atoms with Gasteiger partial charge in [0, 0.05) is 39.9 Å². The van der Waals surface area contributed by atoms with Crippen LogP contribution < -0.4 is 5.32 Å². The predicted molar refractivity (Wildman–Crippen MR) is 80.1 cm³/mol. The van der Waals surface area contributed by atoms with Crippen molar-refractivity contribution in [3.05, 3.63) is 38.3 Å². The average molecular weight is 328 g/mol. The predicted octanol–water partition coefficient (Wildman–Crippen LogP) is 3.45. The van der Waals surface area contributed by atoms with Crippen molar-refractivity contribution >= 4 is 27.3 Å². The summed E-state index contributed by atoms with van der Waals surface area (Å²) in [4.78, 5) is 1.36. The fourth-order valence-corrected chi connectivity index (χ4v) is 3.62. The van der Waals surface area contributed by atoms with Crippen LogP contribution in [0.3, 0.4) is 0 Å². The Labute approximate surface area is 120 Å². The third-order valence-corrected chi connectivity index (χ3v) is 4.70. The molecule has 1 N–H and O–H groups in total. The summed E-state index contributed by atoms with van der Waals surface area (Å²) in [6, 6.07) is 4.72. The first kappa shape index (κ1) is 13.8. The lowest BCUT2D eigenvalue weighted by atomic mass is 10.1. The van der Waals surface area contributed by atoms with Gasteiger partial charge in [0.15, 0.2) is 0 Å². The van der Waals surface area contributed by atoms with Gasteiger partial charge in [0.05, 0.1) is 5.69 Å². The van der Waals surface area contributed by atoms with Crippen LogP contribution in [0.5, 0.6) is 0 Å². The van der Waals surface area contributed by atoms with Crippen molar-refractivity contribution < 1.29 is 0 Å². The normalized spacial score (nSPS) is 12.9. The Morgan fingerprint density at radius 1 is 1.50 bits per heavy atom. The molecular formula is C13H18BrN3S. The monoisotopic (exact) mass is 327 g/mol. The molecule has 0 aliphatic rings. The minimum atomic E-state index is 0.362. The van der Waals surface area contributed by atoms with Crippen LogP contribution in [0.1, 0.15) is 29.2 Å². The van der Waals surface area contributed by atoms with Crippen molar-refractivity contribution in [3.8, 4) is 0 Å². The van der Waals surface area contributed by atoms with Crippen molar-refractivity contribution in [2.24, 2.45) is 7.05 Å². The zero-order valence-corrected chi connectivity index (χ0v) is 13.3. The lowest BCUT2D eigenvalue weighted by Gasteiger charge is -2.16. The highest BCUT2D eigenvalue weighted by Gasteiger charge is 2.15. The molecule has 2 aromatic heterocycles. The van der Waals surface area contributed by atoms with Gasteiger partial charge < -0.3 is 5.32 Å². The number of halogens is 1. The van der Waals surface area contributed by atoms with Crippen LogP contribution in [-0.2, 0) is 13.5 Å². The second-order valence-corrected chi connectivity index (χ2v) is 6.24. The molecule has 0 spiro atoms. The third-order valence-electron chi connectivity index (χ3n) is 2.89. The van der Waals surface area contributed by atoms with Gasteiger partial charge in [0.1, 0.15) is 0 Å². The Morgan fingerprint density at radius 3 is 2.78 bits per heavy atom. The van der Waals surface area contributed by atoms with Crippen LogP contribution in [0, 0.1) is 6.92 Å². The van der Waals surface area contributed by atoms with Gasteiger partial charge in [-0.25, -0.2) is 0 Å². The van der Waals surface area contributed by atoms with Gasteiger partial charge in [-0.05, 0) is 41.5 Å². The Kier molecular flexibility index (Phi) is 4.59. The van der Waals surface area contributed by atoms with Crippen molar-refractivity contribution in [2.45, 2.75) is 26.3 Å². The Morgan fingerprint density at radius 2 is 2.28 bits per heavy atom. The van der Waals surface area contributed by atoms with Crippen LogP contribution in [0.15, 0.2) is 22.0 Å². The van der Waals surface area contributed by atoms with E-state index >= 15 is 0 Å². The van der Waals surface area contributed by atoms with Gasteiger partial charge >= 0.3 is 0 Å². The Bertz CT molecular complexity index is 518. The van der Waals surface area contributed by atoms with Crippen molar-refractivity contribution in [1.29, 1.82) is 0 Å². The van der Waals surface area contributed by atoms with E-state index in [1.807, 2.05) is 18.7 Å². The van der Waals surface area contributed by atoms with E-state index in [1.165, 1.54) is 10.6 Å². The summed E-state index contributed by atoms with van der Waals surface area (Å²) in [5.74, 6) is 0. The van der Waals surface area contributed by atoms with E-state index in [0.29, 0.717) is 6.04 Å². The van der Waals surface area contributed by atoms with Crippen LogP contribution in [0.25, 0.3) is 0 Å². The fraction of sp³-hybridized carbons (Fsp3) is 0.462. The molecule has 3 nitrogen and oxygen atoms in total. The molecule has 1 atom stereocenters. The van der Waals surface area contributed by atoms with Crippen LogP contribution in [-0.4, -0.2) is 16.3 Å². The summed E-state index contributed by atoms with van der Waals surface area (Å²) in [7, 11) is 2.01. The summed E-state index contributed by atoms with van der Waals surface area (Å²) in [6.45, 7) is 5.15. The smallest absolute Gasteiger partial charge is 0.0596 e. The van der Waals surface area contributed by atoms with Gasteiger partial charge in [-0.2, -0.15) is 5.10 Å². The molecule has 5 heteroatoms. The van der Waals surface area contributed by atoms with Gasteiger partial charge in [-0.3, -0.25) is 4.68 Å². The lowest BCUT2D eigenvalue weighted by Crippen LogP contribution is -2.23. The first-order valence-electron chi connectivity index (χ1n) is 6.07. The number of nitrogens with one attached hydrogen (secondary N) is 1. The maximum atomic E-state index is 4.41. The topological polar surface area (TPSA) is 29.9 Å². The number of aryl methyl sites for hydroxylation is 2. The van der Waals surface area contributed by atoms with E-state index in [0.717, 1.165) is 23.1 Å². The van der Waals surface area contributed by atoms with E-state index in [-0.39, 0.29) is 0 Å². The molecule has 0 fully saturated rings. The Balaban J connectivity index is 2.18. The minimum absolute atomic E-state index is 0.362. The molecule has 0 aromatic carbocycles. The summed E-state index contributed by atoms with van der Waals surface area (Å²) in [5.41, 5.74) is 2.35. The number of aromatic nitrogens is 2.